The minimum Gasteiger partial charge on any atom is -0.469 e. The van der Waals surface area contributed by atoms with Crippen LogP contribution in [-0.4, -0.2) is 69.9 Å². The number of aliphatic imine (C=N–C) groups is 1. The molecule has 0 aromatic carbocycles. The minimum atomic E-state index is -2.98. The van der Waals surface area contributed by atoms with E-state index in [9.17, 15) is 13.2 Å². The topological polar surface area (TPSA) is 104 Å². The van der Waals surface area contributed by atoms with Crippen LogP contribution >= 0.6 is 0 Å². The third-order valence-electron chi connectivity index (χ3n) is 3.69. The van der Waals surface area contributed by atoms with Crippen molar-refractivity contribution in [2.24, 2.45) is 4.99 Å². The van der Waals surface area contributed by atoms with Gasteiger partial charge in [0.1, 0.15) is 12.3 Å². The number of sulfone groups is 1. The molecule has 1 saturated heterocycles. The van der Waals surface area contributed by atoms with Gasteiger partial charge in [-0.2, -0.15) is 0 Å². The first-order valence-corrected chi connectivity index (χ1v) is 9.66. The highest BCUT2D eigenvalue weighted by molar-refractivity contribution is 7.91. The molecular weight excluding hydrogens is 332 g/mol. The normalized spacial score (nSPS) is 19.9. The van der Waals surface area contributed by atoms with Crippen LogP contribution in [0.5, 0.6) is 0 Å². The van der Waals surface area contributed by atoms with Gasteiger partial charge in [-0.05, 0) is 18.6 Å². The van der Waals surface area contributed by atoms with Crippen LogP contribution in [0, 0.1) is 0 Å². The second kappa shape index (κ2) is 8.18. The number of nitrogens with zero attached hydrogens (tertiary/aromatic N) is 2. The zero-order chi connectivity index (χ0) is 17.6. The number of likely N-dealkylation sites (N-methyl/N-ethyl adjacent to an activating group) is 1. The molecule has 1 aliphatic rings. The summed E-state index contributed by atoms with van der Waals surface area (Å²) >= 11 is 0. The number of furan rings is 1. The zero-order valence-corrected chi connectivity index (χ0v) is 14.8. The molecule has 1 amide bonds. The molecule has 0 saturated carbocycles. The summed E-state index contributed by atoms with van der Waals surface area (Å²) in [6.45, 7) is 0.567. The summed E-state index contributed by atoms with van der Waals surface area (Å²) < 4.78 is 28.4. The Morgan fingerprint density at radius 1 is 1.46 bits per heavy atom. The van der Waals surface area contributed by atoms with Crippen LogP contribution in [0.3, 0.4) is 0 Å². The zero-order valence-electron chi connectivity index (χ0n) is 14.0. The lowest BCUT2D eigenvalue weighted by Crippen LogP contribution is -2.45. The summed E-state index contributed by atoms with van der Waals surface area (Å²) in [5, 5.41) is 6.22. The van der Waals surface area contributed by atoms with Crippen molar-refractivity contribution in [2.45, 2.75) is 18.9 Å². The van der Waals surface area contributed by atoms with E-state index in [2.05, 4.69) is 15.6 Å². The van der Waals surface area contributed by atoms with Gasteiger partial charge in [-0.25, -0.2) is 13.4 Å². The van der Waals surface area contributed by atoms with Crippen molar-refractivity contribution in [3.05, 3.63) is 24.2 Å². The molecule has 1 aromatic rings. The predicted octanol–water partition coefficient (Wildman–Crippen LogP) is -0.367. The average Bonchev–Trinajstić information content (AvgIpc) is 3.13. The SMILES string of the molecule is CN(C)C(=O)CN=C(NCCc1ccco1)NC1CCS(=O)(=O)C1. The van der Waals surface area contributed by atoms with E-state index in [0.29, 0.717) is 25.3 Å². The van der Waals surface area contributed by atoms with Crippen LogP contribution in [0.2, 0.25) is 0 Å². The van der Waals surface area contributed by atoms with Gasteiger partial charge in [0.05, 0.1) is 17.8 Å². The predicted molar refractivity (Wildman–Crippen MR) is 91.6 cm³/mol. The Bertz CT molecular complexity index is 668. The monoisotopic (exact) mass is 356 g/mol. The summed E-state index contributed by atoms with van der Waals surface area (Å²) in [5.74, 6) is 1.43. The lowest BCUT2D eigenvalue weighted by atomic mass is 10.3. The molecule has 8 nitrogen and oxygen atoms in total. The Kier molecular flexibility index (Phi) is 6.24. The van der Waals surface area contributed by atoms with Gasteiger partial charge in [0.15, 0.2) is 15.8 Å². The molecule has 0 aliphatic carbocycles. The van der Waals surface area contributed by atoms with Gasteiger partial charge in [-0.1, -0.05) is 0 Å². The molecule has 1 aliphatic heterocycles. The van der Waals surface area contributed by atoms with Crippen LogP contribution in [0.4, 0.5) is 0 Å². The van der Waals surface area contributed by atoms with E-state index in [1.165, 1.54) is 4.90 Å². The number of carbonyl (C=O) groups excluding carboxylic acids is 1. The van der Waals surface area contributed by atoms with E-state index in [4.69, 9.17) is 4.42 Å². The molecule has 9 heteroatoms. The molecule has 2 heterocycles. The fourth-order valence-electron chi connectivity index (χ4n) is 2.30. The third kappa shape index (κ3) is 5.88. The van der Waals surface area contributed by atoms with Gasteiger partial charge >= 0.3 is 0 Å². The van der Waals surface area contributed by atoms with Gasteiger partial charge in [0, 0.05) is 33.1 Å². The van der Waals surface area contributed by atoms with E-state index >= 15 is 0 Å². The van der Waals surface area contributed by atoms with Crippen molar-refractivity contribution in [1.29, 1.82) is 0 Å². The van der Waals surface area contributed by atoms with Gasteiger partial charge in [-0.3, -0.25) is 4.79 Å². The van der Waals surface area contributed by atoms with Gasteiger partial charge in [-0.15, -0.1) is 0 Å². The Morgan fingerprint density at radius 3 is 2.83 bits per heavy atom. The molecule has 2 rings (SSSR count). The van der Waals surface area contributed by atoms with Crippen molar-refractivity contribution in [3.63, 3.8) is 0 Å². The average molecular weight is 356 g/mol. The van der Waals surface area contributed by atoms with Crippen LogP contribution in [0.1, 0.15) is 12.2 Å². The third-order valence-corrected chi connectivity index (χ3v) is 5.46. The van der Waals surface area contributed by atoms with Crippen LogP contribution < -0.4 is 10.6 Å². The number of rotatable bonds is 6. The summed E-state index contributed by atoms with van der Waals surface area (Å²) in [7, 11) is 0.354. The summed E-state index contributed by atoms with van der Waals surface area (Å²) in [5.41, 5.74) is 0. The molecule has 0 bridgehead atoms. The molecule has 1 fully saturated rings. The number of nitrogens with one attached hydrogen (secondary N) is 2. The fraction of sp³-hybridized carbons (Fsp3) is 0.600. The first kappa shape index (κ1) is 18.3. The maximum absolute atomic E-state index is 11.7. The number of hydrogen-bond acceptors (Lipinski definition) is 5. The second-order valence-corrected chi connectivity index (χ2v) is 8.18. The van der Waals surface area contributed by atoms with Crippen molar-refractivity contribution < 1.29 is 17.6 Å². The van der Waals surface area contributed by atoms with Crippen molar-refractivity contribution >= 4 is 21.7 Å². The first-order chi connectivity index (χ1) is 11.4. The summed E-state index contributed by atoms with van der Waals surface area (Å²) in [6, 6.07) is 3.52. The van der Waals surface area contributed by atoms with Gasteiger partial charge in [0.25, 0.3) is 0 Å². The van der Waals surface area contributed by atoms with E-state index in [-0.39, 0.29) is 30.0 Å². The van der Waals surface area contributed by atoms with Crippen molar-refractivity contribution in [2.75, 3.05) is 38.7 Å². The second-order valence-electron chi connectivity index (χ2n) is 5.95. The van der Waals surface area contributed by atoms with Gasteiger partial charge < -0.3 is 20.0 Å². The molecule has 134 valence electrons. The minimum absolute atomic E-state index is 0.00254. The maximum Gasteiger partial charge on any atom is 0.243 e. The highest BCUT2D eigenvalue weighted by Gasteiger charge is 2.28. The molecule has 0 spiro atoms. The lowest BCUT2D eigenvalue weighted by molar-refractivity contribution is -0.127. The van der Waals surface area contributed by atoms with E-state index in [1.54, 1.807) is 20.4 Å². The fourth-order valence-corrected chi connectivity index (χ4v) is 3.98. The Hall–Kier alpha value is -2.03. The molecule has 2 N–H and O–H groups in total. The standard InChI is InChI=1S/C15H24N4O4S/c1-19(2)14(20)10-17-15(16-7-5-13-4-3-8-23-13)18-12-6-9-24(21,22)11-12/h3-4,8,12H,5-7,9-11H2,1-2H3,(H2,16,17,18). The smallest absolute Gasteiger partial charge is 0.243 e. The largest absolute Gasteiger partial charge is 0.469 e. The number of guanidine groups is 1. The summed E-state index contributed by atoms with van der Waals surface area (Å²) in [6.07, 6.45) is 2.82. The Morgan fingerprint density at radius 2 is 2.25 bits per heavy atom. The van der Waals surface area contributed by atoms with Crippen LogP contribution in [0.25, 0.3) is 0 Å². The number of carbonyl (C=O) groups is 1. The molecular formula is C15H24N4O4S. The lowest BCUT2D eigenvalue weighted by Gasteiger charge is -2.17. The van der Waals surface area contributed by atoms with Gasteiger partial charge in [0.2, 0.25) is 5.91 Å². The van der Waals surface area contributed by atoms with E-state index in [1.807, 2.05) is 12.1 Å². The summed E-state index contributed by atoms with van der Waals surface area (Å²) in [4.78, 5) is 17.4. The Labute approximate surface area is 142 Å². The molecule has 24 heavy (non-hydrogen) atoms. The molecule has 1 atom stereocenters. The Balaban J connectivity index is 1.92. The number of hydrogen-bond donors (Lipinski definition) is 2. The maximum atomic E-state index is 11.7. The van der Waals surface area contributed by atoms with Crippen LogP contribution in [-0.2, 0) is 21.1 Å². The quantitative estimate of drug-likeness (QED) is 0.532. The van der Waals surface area contributed by atoms with Crippen molar-refractivity contribution in [1.82, 2.24) is 15.5 Å². The molecule has 0 radical (unpaired) electrons. The van der Waals surface area contributed by atoms with Crippen molar-refractivity contribution in [3.8, 4) is 0 Å². The highest BCUT2D eigenvalue weighted by atomic mass is 32.2. The van der Waals surface area contributed by atoms with E-state index < -0.39 is 9.84 Å². The highest BCUT2D eigenvalue weighted by Crippen LogP contribution is 2.11. The molecule has 1 unspecified atom stereocenters. The van der Waals surface area contributed by atoms with E-state index in [0.717, 1.165) is 5.76 Å². The first-order valence-electron chi connectivity index (χ1n) is 7.83. The van der Waals surface area contributed by atoms with Crippen LogP contribution in [0.15, 0.2) is 27.8 Å². The molecule has 1 aromatic heterocycles. The number of amides is 1.